The Kier molecular flexibility index (Phi) is 5.57. The lowest BCUT2D eigenvalue weighted by Gasteiger charge is -2.45. The summed E-state index contributed by atoms with van der Waals surface area (Å²) in [5.41, 5.74) is 2.33. The number of ether oxygens (including phenoxy) is 4. The van der Waals surface area contributed by atoms with Gasteiger partial charge >= 0.3 is 8.24 Å². The lowest BCUT2D eigenvalue weighted by Crippen LogP contribution is -2.62. The van der Waals surface area contributed by atoms with Crippen molar-refractivity contribution in [1.29, 1.82) is 0 Å². The van der Waals surface area contributed by atoms with Crippen LogP contribution in [-0.2, 0) is 18.9 Å². The maximum atomic E-state index is 6.61. The third-order valence-corrected chi connectivity index (χ3v) is 7.72. The van der Waals surface area contributed by atoms with Crippen LogP contribution in [0.3, 0.4) is 0 Å². The van der Waals surface area contributed by atoms with E-state index in [1.165, 1.54) is 0 Å². The third-order valence-electron chi connectivity index (χ3n) is 6.61. The highest BCUT2D eigenvalue weighted by molar-refractivity contribution is 7.31. The number of para-hydroxylation sites is 2. The predicted molar refractivity (Wildman–Crippen MR) is 133 cm³/mol. The van der Waals surface area contributed by atoms with Gasteiger partial charge in [0.25, 0.3) is 0 Å². The molecular weight excluding hydrogens is 481 g/mol. The smallest absolute Gasteiger partial charge is 0.387 e. The summed E-state index contributed by atoms with van der Waals surface area (Å²) in [5.74, 6) is 0.545. The van der Waals surface area contributed by atoms with E-state index in [9.17, 15) is 0 Å². The molecule has 36 heavy (non-hydrogen) atoms. The molecule has 6 atom stereocenters. The van der Waals surface area contributed by atoms with E-state index in [2.05, 4.69) is 4.99 Å². The summed E-state index contributed by atoms with van der Waals surface area (Å²) in [6.45, 7) is 2.14. The molecule has 1 unspecified atom stereocenters. The van der Waals surface area contributed by atoms with Crippen LogP contribution in [0.4, 0.5) is 0 Å². The van der Waals surface area contributed by atoms with E-state index in [1.807, 2.05) is 85.8 Å². The number of aliphatic imine (C=N–C) groups is 1. The van der Waals surface area contributed by atoms with Crippen molar-refractivity contribution in [2.45, 2.75) is 43.9 Å². The lowest BCUT2D eigenvalue weighted by atomic mass is 9.96. The molecule has 0 amide bonds. The zero-order valence-electron chi connectivity index (χ0n) is 19.4. The molecule has 2 saturated heterocycles. The Morgan fingerprint density at radius 3 is 2.22 bits per heavy atom. The monoisotopic (exact) mass is 505 g/mol. The van der Waals surface area contributed by atoms with Gasteiger partial charge in [0.15, 0.2) is 12.2 Å². The molecule has 0 aliphatic carbocycles. The second-order valence-corrected chi connectivity index (χ2v) is 9.97. The number of fused-ring (bicyclic) bond motifs is 5. The van der Waals surface area contributed by atoms with Gasteiger partial charge in [-0.05, 0) is 12.1 Å². The molecule has 8 nitrogen and oxygen atoms in total. The maximum absolute atomic E-state index is 6.61. The molecular formula is C27H24NO7P. The zero-order valence-corrected chi connectivity index (χ0v) is 20.3. The van der Waals surface area contributed by atoms with E-state index >= 15 is 0 Å². The molecule has 4 heterocycles. The number of hydrogen-bond acceptors (Lipinski definition) is 8. The summed E-state index contributed by atoms with van der Waals surface area (Å²) in [7, 11) is -1.83. The highest BCUT2D eigenvalue weighted by atomic mass is 31.1. The molecule has 3 aliphatic rings. The average Bonchev–Trinajstić information content (AvgIpc) is 3.21. The van der Waals surface area contributed by atoms with Gasteiger partial charge in [0, 0.05) is 23.3 Å². The fraction of sp³-hybridized carbons (Fsp3) is 0.296. The minimum absolute atomic E-state index is 0.334. The van der Waals surface area contributed by atoms with Gasteiger partial charge in [-0.25, -0.2) is 4.99 Å². The number of rotatable bonds is 3. The summed E-state index contributed by atoms with van der Waals surface area (Å²) in [5, 5.41) is 1.91. The first kappa shape index (κ1) is 22.1. The molecule has 0 bridgehead atoms. The number of nitrogens with zero attached hydrogens (tertiary/aromatic N) is 1. The molecule has 0 spiro atoms. The zero-order chi connectivity index (χ0) is 24.1. The van der Waals surface area contributed by atoms with Crippen molar-refractivity contribution in [2.24, 2.45) is 4.99 Å². The molecule has 4 aromatic rings. The van der Waals surface area contributed by atoms with E-state index in [1.54, 1.807) is 0 Å². The quantitative estimate of drug-likeness (QED) is 0.351. The van der Waals surface area contributed by atoms with E-state index in [4.69, 9.17) is 31.9 Å². The Bertz CT molecular complexity index is 1410. The molecule has 0 radical (unpaired) electrons. The number of hydrogen-bond donors (Lipinski definition) is 0. The van der Waals surface area contributed by atoms with Gasteiger partial charge in [-0.1, -0.05) is 66.7 Å². The van der Waals surface area contributed by atoms with Crippen LogP contribution in [0.2, 0.25) is 0 Å². The van der Waals surface area contributed by atoms with Crippen LogP contribution in [0.25, 0.3) is 21.9 Å². The normalized spacial score (nSPS) is 29.3. The summed E-state index contributed by atoms with van der Waals surface area (Å²) in [4.78, 5) is 4.68. The lowest BCUT2D eigenvalue weighted by molar-refractivity contribution is -0.324. The van der Waals surface area contributed by atoms with Crippen LogP contribution in [0.1, 0.15) is 18.8 Å². The van der Waals surface area contributed by atoms with Crippen molar-refractivity contribution in [3.05, 3.63) is 84.4 Å². The molecule has 3 aromatic carbocycles. The molecule has 184 valence electrons. The Morgan fingerprint density at radius 1 is 0.833 bits per heavy atom. The van der Waals surface area contributed by atoms with Crippen molar-refractivity contribution in [1.82, 2.24) is 0 Å². The first-order valence-electron chi connectivity index (χ1n) is 11.9. The summed E-state index contributed by atoms with van der Waals surface area (Å²) < 4.78 is 43.7. The van der Waals surface area contributed by atoms with E-state index in [-0.39, 0.29) is 6.10 Å². The third kappa shape index (κ3) is 3.92. The summed E-state index contributed by atoms with van der Waals surface area (Å²) >= 11 is 0. The standard InChI is InChI=1S/C27H24NO7P/c1-16-28-23-25(24-22(31-27(23)30-16)15-29-26(32-24)17-9-3-2-4-10-17)35-36-33-20-13-7-5-11-18(20)19-12-6-8-14-21(19)34-36/h2-14,22-27H,15H2,1H3/t22-,23-,24-,25-,26?,27+/m1/s1. The topological polar surface area (TPSA) is 84.8 Å². The van der Waals surface area contributed by atoms with Gasteiger partial charge < -0.3 is 27.3 Å². The second-order valence-electron chi connectivity index (χ2n) is 8.94. The molecule has 9 heteroatoms. The van der Waals surface area contributed by atoms with Crippen molar-refractivity contribution in [3.63, 3.8) is 0 Å². The first-order valence-corrected chi connectivity index (χ1v) is 13.0. The Morgan fingerprint density at radius 2 is 1.50 bits per heavy atom. The molecule has 7 rings (SSSR count). The molecule has 3 aliphatic heterocycles. The summed E-state index contributed by atoms with van der Waals surface area (Å²) in [6.07, 6.45) is -2.52. The maximum Gasteiger partial charge on any atom is 0.387 e. The Balaban J connectivity index is 1.30. The molecule has 2 fully saturated rings. The van der Waals surface area contributed by atoms with Gasteiger partial charge in [-0.2, -0.15) is 0 Å². The van der Waals surface area contributed by atoms with Gasteiger partial charge in [0.2, 0.25) is 6.29 Å². The van der Waals surface area contributed by atoms with Crippen LogP contribution in [0, 0.1) is 0 Å². The van der Waals surface area contributed by atoms with Crippen molar-refractivity contribution < 1.29 is 31.9 Å². The largest absolute Gasteiger partial charge is 0.450 e. The summed E-state index contributed by atoms with van der Waals surface area (Å²) in [6, 6.07) is 25.1. The van der Waals surface area contributed by atoms with Crippen LogP contribution in [0.5, 0.6) is 0 Å². The van der Waals surface area contributed by atoms with Crippen LogP contribution in [0.15, 0.2) is 92.2 Å². The molecule has 0 saturated carbocycles. The highest BCUT2D eigenvalue weighted by Gasteiger charge is 2.54. The van der Waals surface area contributed by atoms with E-state index in [0.29, 0.717) is 23.7 Å². The van der Waals surface area contributed by atoms with Crippen molar-refractivity contribution in [2.75, 3.05) is 6.61 Å². The highest BCUT2D eigenvalue weighted by Crippen LogP contribution is 2.42. The van der Waals surface area contributed by atoms with Gasteiger partial charge in [0.1, 0.15) is 35.5 Å². The van der Waals surface area contributed by atoms with E-state index < -0.39 is 39.1 Å². The Hall–Kier alpha value is -3.13. The minimum atomic E-state index is -1.83. The first-order chi connectivity index (χ1) is 17.7. The fourth-order valence-electron chi connectivity index (χ4n) is 4.96. The van der Waals surface area contributed by atoms with Crippen LogP contribution >= 0.6 is 8.24 Å². The SMILES string of the molecule is CC1=N[C@H]2[C@@H](O1)O[C@@H]1COC(c3ccccc3)O[C@H]1[C@@H]2Op1oc2ccccc2c2ccccc2o1. The predicted octanol–water partition coefficient (Wildman–Crippen LogP) is 5.74. The van der Waals surface area contributed by atoms with Gasteiger partial charge in [-0.15, -0.1) is 0 Å². The minimum Gasteiger partial charge on any atom is -0.450 e. The fourth-order valence-corrected chi connectivity index (χ4v) is 6.17. The molecule has 0 N–H and O–H groups in total. The van der Waals surface area contributed by atoms with Crippen molar-refractivity contribution >= 4 is 36.1 Å². The van der Waals surface area contributed by atoms with Gasteiger partial charge in [0.05, 0.1) is 6.61 Å². The van der Waals surface area contributed by atoms with Crippen LogP contribution in [-0.4, -0.2) is 43.1 Å². The van der Waals surface area contributed by atoms with Gasteiger partial charge in [-0.3, -0.25) is 4.52 Å². The molecule has 1 aromatic heterocycles. The Labute approximate surface area is 208 Å². The number of benzene rings is 3. The van der Waals surface area contributed by atoms with Crippen molar-refractivity contribution in [3.8, 4) is 0 Å². The average molecular weight is 505 g/mol. The van der Waals surface area contributed by atoms with E-state index in [0.717, 1.165) is 16.3 Å². The van der Waals surface area contributed by atoms with Crippen LogP contribution < -0.4 is 4.52 Å². The second kappa shape index (κ2) is 9.07.